The largest absolute Gasteiger partial charge is 0.494 e. The molecule has 0 aliphatic heterocycles. The zero-order chi connectivity index (χ0) is 20.9. The Morgan fingerprint density at radius 1 is 1.14 bits per heavy atom. The minimum atomic E-state index is -3.88. The van der Waals surface area contributed by atoms with E-state index in [4.69, 9.17) is 16.3 Å². The summed E-state index contributed by atoms with van der Waals surface area (Å²) < 4.78 is 32.4. The molecule has 2 N–H and O–H groups in total. The van der Waals surface area contributed by atoms with E-state index < -0.39 is 15.9 Å². The quantitative estimate of drug-likeness (QED) is 0.507. The lowest BCUT2D eigenvalue weighted by Gasteiger charge is -2.06. The van der Waals surface area contributed by atoms with Crippen LogP contribution in [0.3, 0.4) is 0 Å². The Kier molecular flexibility index (Phi) is 6.80. The van der Waals surface area contributed by atoms with Crippen molar-refractivity contribution in [3.05, 3.63) is 64.7 Å². The molecule has 152 valence electrons. The molecule has 0 saturated carbocycles. The van der Waals surface area contributed by atoms with Crippen LogP contribution in [-0.2, 0) is 16.6 Å². The lowest BCUT2D eigenvalue weighted by Crippen LogP contribution is -2.23. The highest BCUT2D eigenvalue weighted by Crippen LogP contribution is 2.22. The monoisotopic (exact) mass is 452 g/mol. The summed E-state index contributed by atoms with van der Waals surface area (Å²) in [5, 5.41) is 10.2. The highest BCUT2D eigenvalue weighted by Gasteiger charge is 2.21. The number of sulfonamides is 1. The topological polar surface area (TPSA) is 110 Å². The molecule has 0 unspecified atom stereocenters. The van der Waals surface area contributed by atoms with Gasteiger partial charge < -0.3 is 4.74 Å². The number of ether oxygens (including phenoxy) is 1. The number of nitrogens with zero attached hydrogens (tertiary/aromatic N) is 2. The second-order valence-electron chi connectivity index (χ2n) is 5.71. The van der Waals surface area contributed by atoms with E-state index in [1.165, 1.54) is 0 Å². The second kappa shape index (κ2) is 9.31. The molecule has 0 aliphatic carbocycles. The summed E-state index contributed by atoms with van der Waals surface area (Å²) in [5.74, 6) is 0.208. The van der Waals surface area contributed by atoms with Crippen molar-refractivity contribution in [2.75, 3.05) is 11.9 Å². The van der Waals surface area contributed by atoms with E-state index in [1.807, 2.05) is 6.92 Å². The molecule has 11 heteroatoms. The van der Waals surface area contributed by atoms with Gasteiger partial charge >= 0.3 is 0 Å². The molecule has 0 radical (unpaired) electrons. The minimum absolute atomic E-state index is 0.0522. The van der Waals surface area contributed by atoms with Crippen molar-refractivity contribution in [2.45, 2.75) is 17.8 Å². The highest BCUT2D eigenvalue weighted by atomic mass is 35.5. The number of anilines is 1. The molecule has 3 rings (SSSR count). The van der Waals surface area contributed by atoms with Gasteiger partial charge in [-0.05, 0) is 36.8 Å². The van der Waals surface area contributed by atoms with E-state index in [0.29, 0.717) is 12.4 Å². The van der Waals surface area contributed by atoms with Crippen LogP contribution in [0.4, 0.5) is 5.13 Å². The smallest absolute Gasteiger partial charge is 0.270 e. The molecule has 1 amide bonds. The van der Waals surface area contributed by atoms with Gasteiger partial charge in [-0.25, -0.2) is 13.1 Å². The van der Waals surface area contributed by atoms with Crippen molar-refractivity contribution in [3.63, 3.8) is 0 Å². The molecule has 0 bridgehead atoms. The third-order valence-electron chi connectivity index (χ3n) is 3.68. The average Bonchev–Trinajstić information content (AvgIpc) is 3.17. The molecule has 0 atom stereocenters. The van der Waals surface area contributed by atoms with Crippen LogP contribution in [0, 0.1) is 0 Å². The Morgan fingerprint density at radius 3 is 2.55 bits per heavy atom. The van der Waals surface area contributed by atoms with Crippen molar-refractivity contribution in [2.24, 2.45) is 0 Å². The van der Waals surface area contributed by atoms with Gasteiger partial charge in [0.05, 0.1) is 17.2 Å². The van der Waals surface area contributed by atoms with Crippen molar-refractivity contribution >= 4 is 44.0 Å². The van der Waals surface area contributed by atoms with Crippen LogP contribution < -0.4 is 14.8 Å². The summed E-state index contributed by atoms with van der Waals surface area (Å²) in [6.45, 7) is 2.52. The SMILES string of the molecule is CCOc1ccc(CNS(=O)(=O)c2nnc(NC(=O)c3ccccc3Cl)s2)cc1. The number of carbonyl (C=O) groups is 1. The zero-order valence-corrected chi connectivity index (χ0v) is 17.6. The van der Waals surface area contributed by atoms with Crippen LogP contribution in [0.2, 0.25) is 5.02 Å². The maximum absolute atomic E-state index is 12.4. The van der Waals surface area contributed by atoms with Gasteiger partial charge in [0.15, 0.2) is 0 Å². The minimum Gasteiger partial charge on any atom is -0.494 e. The molecule has 29 heavy (non-hydrogen) atoms. The Bertz CT molecular complexity index is 1100. The summed E-state index contributed by atoms with van der Waals surface area (Å²) in [4.78, 5) is 12.2. The average molecular weight is 453 g/mol. The molecule has 0 aliphatic rings. The van der Waals surface area contributed by atoms with Crippen LogP contribution in [0.5, 0.6) is 5.75 Å². The van der Waals surface area contributed by atoms with Crippen LogP contribution in [0.25, 0.3) is 0 Å². The van der Waals surface area contributed by atoms with E-state index in [1.54, 1.807) is 48.5 Å². The fourth-order valence-corrected chi connectivity index (χ4v) is 4.46. The number of nitrogens with one attached hydrogen (secondary N) is 2. The third-order valence-corrected chi connectivity index (χ3v) is 6.61. The Morgan fingerprint density at radius 2 is 1.86 bits per heavy atom. The normalized spacial score (nSPS) is 11.2. The molecular weight excluding hydrogens is 436 g/mol. The van der Waals surface area contributed by atoms with Crippen molar-refractivity contribution < 1.29 is 17.9 Å². The van der Waals surface area contributed by atoms with Gasteiger partial charge in [0, 0.05) is 6.54 Å². The van der Waals surface area contributed by atoms with Gasteiger partial charge in [-0.15, -0.1) is 10.2 Å². The van der Waals surface area contributed by atoms with E-state index in [-0.39, 0.29) is 26.6 Å². The van der Waals surface area contributed by atoms with E-state index in [9.17, 15) is 13.2 Å². The van der Waals surface area contributed by atoms with Crippen molar-refractivity contribution in [1.82, 2.24) is 14.9 Å². The van der Waals surface area contributed by atoms with E-state index in [2.05, 4.69) is 20.2 Å². The van der Waals surface area contributed by atoms with Crippen molar-refractivity contribution in [3.8, 4) is 5.75 Å². The van der Waals surface area contributed by atoms with Crippen LogP contribution in [0.15, 0.2) is 52.9 Å². The van der Waals surface area contributed by atoms with Gasteiger partial charge in [-0.1, -0.05) is 47.2 Å². The third kappa shape index (κ3) is 5.51. The van der Waals surface area contributed by atoms with E-state index in [0.717, 1.165) is 16.9 Å². The first-order chi connectivity index (χ1) is 13.9. The lowest BCUT2D eigenvalue weighted by molar-refractivity contribution is 0.102. The zero-order valence-electron chi connectivity index (χ0n) is 15.3. The summed E-state index contributed by atoms with van der Waals surface area (Å²) in [7, 11) is -3.88. The number of amides is 1. The predicted octanol–water partition coefficient (Wildman–Crippen LogP) is 3.32. The summed E-state index contributed by atoms with van der Waals surface area (Å²) in [5.41, 5.74) is 1.01. The number of carbonyl (C=O) groups excluding carboxylic acids is 1. The molecule has 0 fully saturated rings. The summed E-state index contributed by atoms with van der Waals surface area (Å²) in [6.07, 6.45) is 0. The first-order valence-corrected chi connectivity index (χ1v) is 11.2. The molecule has 1 heterocycles. The number of hydrogen-bond donors (Lipinski definition) is 2. The van der Waals surface area contributed by atoms with Gasteiger partial charge in [0.1, 0.15) is 5.75 Å². The van der Waals surface area contributed by atoms with E-state index >= 15 is 0 Å². The number of rotatable bonds is 8. The molecule has 0 saturated heterocycles. The number of hydrogen-bond acceptors (Lipinski definition) is 7. The Labute approximate surface area is 176 Å². The van der Waals surface area contributed by atoms with Gasteiger partial charge in [-0.2, -0.15) is 0 Å². The second-order valence-corrected chi connectivity index (χ2v) is 9.03. The molecule has 0 spiro atoms. The Balaban J connectivity index is 1.64. The fraction of sp³-hybridized carbons (Fsp3) is 0.167. The van der Waals surface area contributed by atoms with Gasteiger partial charge in [-0.3, -0.25) is 10.1 Å². The number of aromatic nitrogens is 2. The number of halogens is 1. The fourth-order valence-electron chi connectivity index (χ4n) is 2.29. The molecular formula is C18H17ClN4O4S2. The highest BCUT2D eigenvalue weighted by molar-refractivity contribution is 7.91. The number of benzene rings is 2. The summed E-state index contributed by atoms with van der Waals surface area (Å²) >= 11 is 6.73. The molecule has 3 aromatic rings. The predicted molar refractivity (Wildman–Crippen MR) is 111 cm³/mol. The standard InChI is InChI=1S/C18H17ClN4O4S2/c1-2-27-13-9-7-12(8-10-13)11-20-29(25,26)18-23-22-17(28-18)21-16(24)14-5-3-4-6-15(14)19/h3-10,20H,2,11H2,1H3,(H,21,22,24). The summed E-state index contributed by atoms with van der Waals surface area (Å²) in [6, 6.07) is 13.6. The Hall–Kier alpha value is -2.53. The maximum atomic E-state index is 12.4. The maximum Gasteiger partial charge on any atom is 0.270 e. The van der Waals surface area contributed by atoms with Gasteiger partial charge in [0.2, 0.25) is 9.47 Å². The van der Waals surface area contributed by atoms with Crippen LogP contribution in [0.1, 0.15) is 22.8 Å². The van der Waals surface area contributed by atoms with Crippen molar-refractivity contribution in [1.29, 1.82) is 0 Å². The first kappa shape index (κ1) is 21.2. The molecule has 2 aromatic carbocycles. The van der Waals surface area contributed by atoms with Gasteiger partial charge in [0.25, 0.3) is 15.9 Å². The van der Waals surface area contributed by atoms with Crippen LogP contribution in [-0.4, -0.2) is 31.1 Å². The molecule has 1 aromatic heterocycles. The van der Waals surface area contributed by atoms with Crippen LogP contribution >= 0.6 is 22.9 Å². The lowest BCUT2D eigenvalue weighted by atomic mass is 10.2. The first-order valence-electron chi connectivity index (χ1n) is 8.50. The molecule has 8 nitrogen and oxygen atoms in total.